The third kappa shape index (κ3) is 10.5. The van der Waals surface area contributed by atoms with Crippen LogP contribution in [0.4, 0.5) is 13.6 Å². The maximum Gasteiger partial charge on any atom is 0.290 e. The van der Waals surface area contributed by atoms with Gasteiger partial charge in [0.2, 0.25) is 5.91 Å². The highest BCUT2D eigenvalue weighted by molar-refractivity contribution is 8.18. The van der Waals surface area contributed by atoms with Crippen molar-refractivity contribution in [2.75, 3.05) is 19.6 Å². The molecule has 310 valence electrons. The van der Waals surface area contributed by atoms with E-state index in [9.17, 15) is 32.8 Å². The summed E-state index contributed by atoms with van der Waals surface area (Å²) in [7, 11) is 0. The van der Waals surface area contributed by atoms with Crippen LogP contribution in [0.5, 0.6) is 0 Å². The molecule has 7 rings (SSSR count). The predicted octanol–water partition coefficient (Wildman–Crippen LogP) is 8.76. The van der Waals surface area contributed by atoms with E-state index in [1.807, 2.05) is 30.3 Å². The molecule has 0 aromatic heterocycles. The number of nitrogens with one attached hydrogen (secondary N) is 2. The van der Waals surface area contributed by atoms with Crippen molar-refractivity contribution in [1.82, 2.24) is 20.4 Å². The smallest absolute Gasteiger partial charge is 0.290 e. The number of imide groups is 1. The van der Waals surface area contributed by atoms with Crippen molar-refractivity contribution in [1.29, 1.82) is 0 Å². The fraction of sp³-hybridized carbons (Fsp3) is 0.204. The second-order valence-corrected chi connectivity index (χ2v) is 16.5. The van der Waals surface area contributed by atoms with Gasteiger partial charge >= 0.3 is 0 Å². The van der Waals surface area contributed by atoms with E-state index in [2.05, 4.69) is 53.6 Å². The number of carbonyl (C=O) groups excluding carboxylic acids is 5. The molecule has 4 amide bonds. The van der Waals surface area contributed by atoms with Crippen LogP contribution in [0.2, 0.25) is 0 Å². The molecule has 0 spiro atoms. The van der Waals surface area contributed by atoms with E-state index in [1.165, 1.54) is 18.2 Å². The molecule has 1 unspecified atom stereocenters. The van der Waals surface area contributed by atoms with Gasteiger partial charge in [-0.1, -0.05) is 111 Å². The molecular formula is C49H44F2N4O5S. The average Bonchev–Trinajstić information content (AvgIpc) is 3.83. The average molecular weight is 839 g/mol. The highest BCUT2D eigenvalue weighted by Crippen LogP contribution is 2.31. The van der Waals surface area contributed by atoms with E-state index in [0.29, 0.717) is 30.5 Å². The number of amides is 4. The summed E-state index contributed by atoms with van der Waals surface area (Å²) in [5.41, 5.74) is 4.52. The first kappa shape index (κ1) is 42.6. The number of benzene rings is 5. The topological polar surface area (TPSA) is 116 Å². The maximum absolute atomic E-state index is 14.9. The van der Waals surface area contributed by atoms with Crippen molar-refractivity contribution >= 4 is 52.7 Å². The monoisotopic (exact) mass is 838 g/mol. The standard InChI is InChI=1S/C49H44F2N4O5S/c1-31(2)28-54(29-35-12-6-7-13-39(35)34-10-4-3-5-11-34)38-26-37(27-52-45(56)23-20-32-16-18-33(19-17-32)24-44-47(58)53-49(60)61-44)55(30-38)48(59)41-15-9-8-14-40(41)46(57)42-22-21-36(50)25-43(42)51/h3-25,31,37-38H,26-30H2,1-2H3,(H,52,56)(H,53,58,60)/b23-20+,44-24-/t37?,38-/m1/s1. The quantitative estimate of drug-likeness (QED) is 0.0849. The van der Waals surface area contributed by atoms with Gasteiger partial charge in [0.15, 0.2) is 5.78 Å². The fourth-order valence-electron chi connectivity index (χ4n) is 7.75. The van der Waals surface area contributed by atoms with E-state index >= 15 is 0 Å². The molecule has 5 aromatic rings. The normalized spacial score (nSPS) is 17.1. The number of rotatable bonds is 14. The summed E-state index contributed by atoms with van der Waals surface area (Å²) in [6.45, 7) is 6.06. The molecule has 2 saturated heterocycles. The Morgan fingerprint density at radius 3 is 2.25 bits per heavy atom. The predicted molar refractivity (Wildman–Crippen MR) is 234 cm³/mol. The van der Waals surface area contributed by atoms with Gasteiger partial charge in [-0.05, 0) is 82.3 Å². The van der Waals surface area contributed by atoms with Crippen LogP contribution in [0.1, 0.15) is 63.2 Å². The fourth-order valence-corrected chi connectivity index (χ4v) is 8.44. The molecule has 61 heavy (non-hydrogen) atoms. The summed E-state index contributed by atoms with van der Waals surface area (Å²) < 4.78 is 28.7. The Hall–Kier alpha value is -6.50. The summed E-state index contributed by atoms with van der Waals surface area (Å²) in [5, 5.41) is 4.79. The lowest BCUT2D eigenvalue weighted by molar-refractivity contribution is -0.117. The van der Waals surface area contributed by atoms with Crippen LogP contribution < -0.4 is 10.6 Å². The Morgan fingerprint density at radius 1 is 0.852 bits per heavy atom. The third-order valence-corrected chi connectivity index (χ3v) is 11.4. The van der Waals surface area contributed by atoms with Gasteiger partial charge in [-0.25, -0.2) is 8.78 Å². The minimum atomic E-state index is -1.02. The summed E-state index contributed by atoms with van der Waals surface area (Å²) in [6.07, 6.45) is 5.20. The Balaban J connectivity index is 1.13. The molecule has 2 atom stereocenters. The first-order chi connectivity index (χ1) is 29.4. The Morgan fingerprint density at radius 2 is 1.54 bits per heavy atom. The number of carbonyl (C=O) groups is 5. The van der Waals surface area contributed by atoms with Crippen LogP contribution in [-0.2, 0) is 16.1 Å². The summed E-state index contributed by atoms with van der Waals surface area (Å²) >= 11 is 0.836. The zero-order valence-corrected chi connectivity index (χ0v) is 34.5. The number of ketones is 1. The zero-order valence-electron chi connectivity index (χ0n) is 33.6. The van der Waals surface area contributed by atoms with Crippen LogP contribution in [0.15, 0.2) is 132 Å². The molecule has 9 nitrogen and oxygen atoms in total. The second-order valence-electron chi connectivity index (χ2n) is 15.4. The van der Waals surface area contributed by atoms with Crippen molar-refractivity contribution in [3.05, 3.63) is 177 Å². The molecule has 2 aliphatic heterocycles. The van der Waals surface area contributed by atoms with Crippen molar-refractivity contribution in [2.45, 2.75) is 38.9 Å². The van der Waals surface area contributed by atoms with Gasteiger partial charge in [0.05, 0.1) is 22.1 Å². The van der Waals surface area contributed by atoms with E-state index < -0.39 is 40.5 Å². The van der Waals surface area contributed by atoms with Crippen LogP contribution in [-0.4, -0.2) is 70.3 Å². The maximum atomic E-state index is 14.9. The SMILES string of the molecule is CC(C)CN(Cc1ccccc1-c1ccccc1)[C@@H]1CC(CNC(=O)/C=C/c2ccc(/C=C3\SC(=O)NC3=O)cc2)N(C(=O)c2ccccc2C(=O)c2ccc(F)cc2F)C1. The van der Waals surface area contributed by atoms with Gasteiger partial charge in [0.25, 0.3) is 17.1 Å². The Bertz CT molecular complexity index is 2520. The number of hydrogen-bond acceptors (Lipinski definition) is 7. The van der Waals surface area contributed by atoms with Gasteiger partial charge in [0, 0.05) is 49.9 Å². The largest absolute Gasteiger partial charge is 0.350 e. The number of hydrogen-bond donors (Lipinski definition) is 2. The van der Waals surface area contributed by atoms with Crippen LogP contribution in [0.3, 0.4) is 0 Å². The molecule has 0 bridgehead atoms. The minimum absolute atomic E-state index is 0.0102. The molecule has 0 radical (unpaired) electrons. The molecule has 2 N–H and O–H groups in total. The van der Waals surface area contributed by atoms with E-state index in [-0.39, 0.29) is 41.1 Å². The Labute approximate surface area is 357 Å². The van der Waals surface area contributed by atoms with Crippen molar-refractivity contribution in [3.63, 3.8) is 0 Å². The molecule has 2 aliphatic rings. The summed E-state index contributed by atoms with van der Waals surface area (Å²) in [6, 6.07) is 33.9. The summed E-state index contributed by atoms with van der Waals surface area (Å²) in [4.78, 5) is 69.6. The third-order valence-electron chi connectivity index (χ3n) is 10.6. The van der Waals surface area contributed by atoms with Gasteiger partial charge < -0.3 is 10.2 Å². The van der Waals surface area contributed by atoms with E-state index in [4.69, 9.17) is 0 Å². The lowest BCUT2D eigenvalue weighted by atomic mass is 9.97. The van der Waals surface area contributed by atoms with Gasteiger partial charge in [-0.3, -0.25) is 34.2 Å². The zero-order chi connectivity index (χ0) is 43.0. The lowest BCUT2D eigenvalue weighted by Gasteiger charge is -2.31. The van der Waals surface area contributed by atoms with Crippen molar-refractivity contribution in [3.8, 4) is 11.1 Å². The molecule has 12 heteroatoms. The number of thioether (sulfide) groups is 1. The van der Waals surface area contributed by atoms with Crippen LogP contribution in [0, 0.1) is 17.6 Å². The first-order valence-electron chi connectivity index (χ1n) is 20.0. The Kier molecular flexibility index (Phi) is 13.5. The van der Waals surface area contributed by atoms with Crippen molar-refractivity contribution < 1.29 is 32.8 Å². The van der Waals surface area contributed by atoms with Gasteiger partial charge in [0.1, 0.15) is 11.6 Å². The first-order valence-corrected chi connectivity index (χ1v) is 20.8. The molecule has 2 fully saturated rings. The van der Waals surface area contributed by atoms with Crippen LogP contribution in [0.25, 0.3) is 23.3 Å². The highest BCUT2D eigenvalue weighted by Gasteiger charge is 2.40. The molecule has 0 saturated carbocycles. The number of nitrogens with zero attached hydrogens (tertiary/aromatic N) is 2. The number of halogens is 2. The summed E-state index contributed by atoms with van der Waals surface area (Å²) in [5.74, 6) is -3.55. The van der Waals surface area contributed by atoms with Gasteiger partial charge in [-0.2, -0.15) is 0 Å². The van der Waals surface area contributed by atoms with E-state index in [0.717, 1.165) is 58.3 Å². The van der Waals surface area contributed by atoms with Crippen LogP contribution >= 0.6 is 11.8 Å². The molecule has 0 aliphatic carbocycles. The van der Waals surface area contributed by atoms with Gasteiger partial charge in [-0.15, -0.1) is 0 Å². The molecular weight excluding hydrogens is 795 g/mol. The lowest BCUT2D eigenvalue weighted by Crippen LogP contribution is -2.44. The highest BCUT2D eigenvalue weighted by atomic mass is 32.2. The molecule has 2 heterocycles. The molecule has 5 aromatic carbocycles. The second kappa shape index (κ2) is 19.3. The minimum Gasteiger partial charge on any atom is -0.350 e. The van der Waals surface area contributed by atoms with Crippen molar-refractivity contribution in [2.24, 2.45) is 5.92 Å². The number of likely N-dealkylation sites (tertiary alicyclic amines) is 1. The van der Waals surface area contributed by atoms with E-state index in [1.54, 1.807) is 53.5 Å².